The van der Waals surface area contributed by atoms with Gasteiger partial charge in [-0.25, -0.2) is 0 Å². The summed E-state index contributed by atoms with van der Waals surface area (Å²) in [4.78, 5) is 43.4. The van der Waals surface area contributed by atoms with Crippen molar-refractivity contribution in [3.8, 4) is 0 Å². The van der Waals surface area contributed by atoms with Gasteiger partial charge in [0.2, 0.25) is 5.91 Å². The number of halogens is 1. The second-order valence-electron chi connectivity index (χ2n) is 15.9. The van der Waals surface area contributed by atoms with E-state index < -0.39 is 5.24 Å². The molecule has 7 nitrogen and oxygen atoms in total. The van der Waals surface area contributed by atoms with Crippen LogP contribution in [0.15, 0.2) is 210 Å². The Bertz CT molecular complexity index is 2960. The molecule has 10 rings (SSSR count). The zero-order valence-electron chi connectivity index (χ0n) is 39.8. The Kier molecular flexibility index (Phi) is 24.4. The van der Waals surface area contributed by atoms with E-state index >= 15 is 0 Å². The fourth-order valence-electron chi connectivity index (χ4n) is 7.06. The topological polar surface area (TPSA) is 100.0 Å². The Balaban J connectivity index is 0.000000197. The van der Waals surface area contributed by atoms with Crippen molar-refractivity contribution >= 4 is 51.3 Å². The van der Waals surface area contributed by atoms with Crippen molar-refractivity contribution < 1.29 is 79.8 Å². The molecule has 0 aromatic heterocycles. The van der Waals surface area contributed by atoms with Crippen LogP contribution in [0.2, 0.25) is 0 Å². The molecular formula is C60H53ClN4O3Y2-2. The molecule has 0 aliphatic carbocycles. The minimum Gasteiger partial charge on any atom is -0.383 e. The molecule has 346 valence electrons. The average Bonchev–Trinajstić information content (AvgIpc) is 3.69. The van der Waals surface area contributed by atoms with Crippen LogP contribution in [0.3, 0.4) is 0 Å². The average molecular weight is 1090 g/mol. The number of aryl methyl sites for hydroxylation is 4. The molecule has 2 aliphatic rings. The van der Waals surface area contributed by atoms with Gasteiger partial charge in [-0.2, -0.15) is 0 Å². The Morgan fingerprint density at radius 3 is 1.44 bits per heavy atom. The Morgan fingerprint density at radius 2 is 0.943 bits per heavy atom. The van der Waals surface area contributed by atoms with Crippen LogP contribution in [0.1, 0.15) is 70.8 Å². The van der Waals surface area contributed by atoms with Crippen molar-refractivity contribution in [2.75, 3.05) is 30.3 Å². The number of carbonyl (C=O) groups excluding carboxylic acids is 3. The summed E-state index contributed by atoms with van der Waals surface area (Å²) in [6.07, 6.45) is 0. The van der Waals surface area contributed by atoms with E-state index in [2.05, 4.69) is 83.2 Å². The maximum absolute atomic E-state index is 12.0. The summed E-state index contributed by atoms with van der Waals surface area (Å²) in [6.45, 7) is 9.90. The van der Waals surface area contributed by atoms with E-state index in [0.29, 0.717) is 16.7 Å². The van der Waals surface area contributed by atoms with Crippen LogP contribution in [0, 0.1) is 39.8 Å². The monoisotopic (exact) mass is 1090 g/mol. The Hall–Kier alpha value is -5.79. The van der Waals surface area contributed by atoms with Gasteiger partial charge in [0, 0.05) is 99.9 Å². The molecule has 2 heterocycles. The van der Waals surface area contributed by atoms with Gasteiger partial charge in [0.1, 0.15) is 12.3 Å². The van der Waals surface area contributed by atoms with Crippen molar-refractivity contribution in [3.05, 3.63) is 274 Å². The molecule has 2 N–H and O–H groups in total. The number of hydrogen-bond acceptors (Lipinski definition) is 6. The minimum absolute atomic E-state index is 0. The van der Waals surface area contributed by atoms with Crippen LogP contribution in [0.4, 0.5) is 11.4 Å². The molecule has 8 aromatic rings. The number of hydrogen-bond donors (Lipinski definition) is 2. The largest absolute Gasteiger partial charge is 0.383 e. The first kappa shape index (κ1) is 56.8. The third kappa shape index (κ3) is 17.9. The number of aliphatic imine (C=N–C) groups is 2. The molecule has 1 amide bonds. The zero-order chi connectivity index (χ0) is 48.1. The number of ketones is 1. The van der Waals surface area contributed by atoms with Crippen molar-refractivity contribution in [2.24, 2.45) is 9.98 Å². The summed E-state index contributed by atoms with van der Waals surface area (Å²) < 4.78 is 0. The van der Waals surface area contributed by atoms with E-state index in [1.807, 2.05) is 154 Å². The van der Waals surface area contributed by atoms with E-state index in [0.717, 1.165) is 58.0 Å². The number of fused-ring (bicyclic) bond motifs is 2. The van der Waals surface area contributed by atoms with Crippen LogP contribution in [0.25, 0.3) is 0 Å². The number of rotatable bonds is 5. The molecule has 0 unspecified atom stereocenters. The Labute approximate surface area is 468 Å². The van der Waals surface area contributed by atoms with Crippen LogP contribution < -0.4 is 10.6 Å². The number of amides is 1. The number of anilines is 2. The quantitative estimate of drug-likeness (QED) is 0.102. The van der Waals surface area contributed by atoms with Gasteiger partial charge < -0.3 is 20.2 Å². The maximum atomic E-state index is 12.0. The number of benzene rings is 8. The van der Waals surface area contributed by atoms with Gasteiger partial charge in [0.25, 0.3) is 0 Å². The van der Waals surface area contributed by atoms with Crippen LogP contribution in [-0.4, -0.2) is 48.0 Å². The molecular weight excluding hydrogens is 1040 g/mol. The van der Waals surface area contributed by atoms with Gasteiger partial charge in [0.05, 0.1) is 23.7 Å². The molecule has 0 fully saturated rings. The summed E-state index contributed by atoms with van der Waals surface area (Å²) >= 11 is 5.20. The third-order valence-corrected chi connectivity index (χ3v) is 10.6. The van der Waals surface area contributed by atoms with Crippen molar-refractivity contribution in [1.82, 2.24) is 0 Å². The van der Waals surface area contributed by atoms with E-state index in [9.17, 15) is 14.4 Å². The first-order chi connectivity index (χ1) is 33.0. The molecule has 2 aliphatic heterocycles. The molecule has 0 spiro atoms. The van der Waals surface area contributed by atoms with E-state index in [4.69, 9.17) is 16.6 Å². The van der Waals surface area contributed by atoms with Gasteiger partial charge in [-0.3, -0.25) is 14.8 Å². The maximum Gasteiger partial charge on any atom is 0.246 e. The van der Waals surface area contributed by atoms with Gasteiger partial charge in [0.15, 0.2) is 5.24 Å². The SMILES string of the molecule is Cc1cc[c-]c(C(=O)Cl)c1.Cc1cc[c-]c(C(=O)c2ccccc2)c1.Cc1ccc2c(c1)C(c1ccccc1)=NCC(=O)N2.Cc1ccc2c(c1)C(c1ccccc1)=NCCN2.[Y].[Y].c1ccccc1. The summed E-state index contributed by atoms with van der Waals surface area (Å²) in [5.74, 6) is -0.0460. The van der Waals surface area contributed by atoms with E-state index in [1.165, 1.54) is 22.4 Å². The molecule has 70 heavy (non-hydrogen) atoms. The molecule has 8 aromatic carbocycles. The molecule has 0 atom stereocenters. The number of nitrogens with one attached hydrogen (secondary N) is 2. The second kappa shape index (κ2) is 30.1. The number of nitrogens with zero attached hydrogens (tertiary/aromatic N) is 2. The standard InChI is InChI=1S/C16H14N2O.C16H16N2.C14H11O.C8H6ClO.C6H6.2Y/c1-11-7-8-14-13(9-11)16(17-10-15(19)18-14)12-5-3-2-4-6-12;1-12-7-8-15-14(11-12)16(18-10-9-17-15)13-5-3-2-4-6-13;1-11-6-5-9-13(10-11)14(15)12-7-3-2-4-8-12;1-6-3-2-4-7(5-6)8(9)10;1-2-4-6-5-3-1;;/h2-9H,10H2,1H3,(H,18,19);2-8,11,17H,9-10H2,1H3;2-8,10H,1H3;2-3,5H,1H3;1-6H;;/q;;2*-1;;;. The van der Waals surface area contributed by atoms with Gasteiger partial charge >= 0.3 is 0 Å². The Morgan fingerprint density at radius 1 is 0.514 bits per heavy atom. The molecule has 0 bridgehead atoms. The van der Waals surface area contributed by atoms with Crippen LogP contribution >= 0.6 is 11.6 Å². The predicted molar refractivity (Wildman–Crippen MR) is 280 cm³/mol. The van der Waals surface area contributed by atoms with Crippen molar-refractivity contribution in [3.63, 3.8) is 0 Å². The molecule has 0 saturated carbocycles. The van der Waals surface area contributed by atoms with E-state index in [1.54, 1.807) is 18.2 Å². The predicted octanol–water partition coefficient (Wildman–Crippen LogP) is 12.9. The zero-order valence-corrected chi connectivity index (χ0v) is 46.3. The summed E-state index contributed by atoms with van der Waals surface area (Å²) in [5.41, 5.74) is 14.7. The number of carbonyl (C=O) groups is 3. The van der Waals surface area contributed by atoms with Crippen molar-refractivity contribution in [1.29, 1.82) is 0 Å². The van der Waals surface area contributed by atoms with E-state index in [-0.39, 0.29) is 83.7 Å². The molecule has 0 saturated heterocycles. The number of benzodiazepines with no additional fused rings is 2. The normalized spacial score (nSPS) is 11.6. The van der Waals surface area contributed by atoms with Crippen molar-refractivity contribution in [2.45, 2.75) is 27.7 Å². The summed E-state index contributed by atoms with van der Waals surface area (Å²) in [5, 5.41) is 5.88. The fourth-order valence-corrected chi connectivity index (χ4v) is 7.17. The van der Waals surface area contributed by atoms with Gasteiger partial charge in [-0.1, -0.05) is 170 Å². The summed E-state index contributed by atoms with van der Waals surface area (Å²) in [6, 6.07) is 70.6. The van der Waals surface area contributed by atoms with Gasteiger partial charge in [-0.05, 0) is 43.7 Å². The van der Waals surface area contributed by atoms with Crippen LogP contribution in [0.5, 0.6) is 0 Å². The summed E-state index contributed by atoms with van der Waals surface area (Å²) in [7, 11) is 0. The second-order valence-corrected chi connectivity index (χ2v) is 16.2. The smallest absolute Gasteiger partial charge is 0.246 e. The van der Waals surface area contributed by atoms with Crippen LogP contribution in [-0.2, 0) is 70.2 Å². The molecule has 10 heteroatoms. The molecule has 2 radical (unpaired) electrons. The first-order valence-corrected chi connectivity index (χ1v) is 22.7. The minimum atomic E-state index is -0.455. The van der Waals surface area contributed by atoms with Gasteiger partial charge in [-0.15, -0.1) is 76.8 Å². The third-order valence-electron chi connectivity index (χ3n) is 10.4. The first-order valence-electron chi connectivity index (χ1n) is 22.3. The fraction of sp³-hybridized carbons (Fsp3) is 0.117.